The molecule has 3 amide bonds. The number of aliphatic carboxylic acids is 1. The predicted octanol–water partition coefficient (Wildman–Crippen LogP) is -0.175. The quantitative estimate of drug-likeness (QED) is 0.717. The van der Waals surface area contributed by atoms with E-state index >= 15 is 0 Å². The number of carboxylic acids is 1. The molecule has 0 saturated heterocycles. The van der Waals surface area contributed by atoms with Gasteiger partial charge >= 0.3 is 12.0 Å². The fraction of sp³-hybridized carbons (Fsp3) is 0.727. The van der Waals surface area contributed by atoms with Crippen LogP contribution in [-0.2, 0) is 9.59 Å². The number of hydrogen-bond acceptors (Lipinski definition) is 3. The first-order valence-electron chi connectivity index (χ1n) is 5.61. The Balaban J connectivity index is 4.47. The zero-order chi connectivity index (χ0) is 14.5. The van der Waals surface area contributed by atoms with Crippen molar-refractivity contribution >= 4 is 17.9 Å². The molecule has 104 valence electrons. The van der Waals surface area contributed by atoms with E-state index in [1.165, 1.54) is 11.9 Å². The summed E-state index contributed by atoms with van der Waals surface area (Å²) in [4.78, 5) is 36.5. The second kappa shape index (κ2) is 6.83. The van der Waals surface area contributed by atoms with E-state index in [2.05, 4.69) is 5.32 Å². The highest BCUT2D eigenvalue weighted by atomic mass is 16.4. The van der Waals surface area contributed by atoms with E-state index in [1.807, 2.05) is 0 Å². The monoisotopic (exact) mass is 259 g/mol. The number of nitrogens with one attached hydrogen (secondary N) is 1. The number of carboxylic acid groups (broad SMARTS) is 1. The average Bonchev–Trinajstić information content (AvgIpc) is 2.23. The molecule has 0 aromatic rings. The Morgan fingerprint density at radius 2 is 1.67 bits per heavy atom. The van der Waals surface area contributed by atoms with Crippen LogP contribution in [0.5, 0.6) is 0 Å². The Hall–Kier alpha value is -1.79. The van der Waals surface area contributed by atoms with Crippen LogP contribution < -0.4 is 5.32 Å². The second-order valence-corrected chi connectivity index (χ2v) is 4.65. The molecule has 1 atom stereocenters. The zero-order valence-corrected chi connectivity index (χ0v) is 11.4. The SMILES string of the molecule is CC(C)C(NC(=O)N(C)CC(=O)N(C)C)C(=O)O. The molecular weight excluding hydrogens is 238 g/mol. The number of rotatable bonds is 5. The summed E-state index contributed by atoms with van der Waals surface area (Å²) in [7, 11) is 4.61. The Morgan fingerprint density at radius 3 is 2.00 bits per heavy atom. The summed E-state index contributed by atoms with van der Waals surface area (Å²) in [6.07, 6.45) is 0. The molecule has 0 radical (unpaired) electrons. The van der Waals surface area contributed by atoms with Gasteiger partial charge in [0.25, 0.3) is 0 Å². The molecule has 0 aliphatic heterocycles. The van der Waals surface area contributed by atoms with Crippen molar-refractivity contribution in [3.05, 3.63) is 0 Å². The lowest BCUT2D eigenvalue weighted by atomic mass is 10.1. The smallest absolute Gasteiger partial charge is 0.326 e. The van der Waals surface area contributed by atoms with Gasteiger partial charge in [-0.1, -0.05) is 13.8 Å². The van der Waals surface area contributed by atoms with E-state index in [0.717, 1.165) is 4.90 Å². The number of hydrogen-bond donors (Lipinski definition) is 2. The molecule has 0 bridgehead atoms. The van der Waals surface area contributed by atoms with E-state index in [9.17, 15) is 14.4 Å². The molecule has 7 heteroatoms. The van der Waals surface area contributed by atoms with Crippen LogP contribution in [0.4, 0.5) is 4.79 Å². The molecule has 2 N–H and O–H groups in total. The van der Waals surface area contributed by atoms with Gasteiger partial charge in [-0.05, 0) is 5.92 Å². The van der Waals surface area contributed by atoms with Gasteiger partial charge in [-0.3, -0.25) is 4.79 Å². The summed E-state index contributed by atoms with van der Waals surface area (Å²) >= 11 is 0. The van der Waals surface area contributed by atoms with Gasteiger partial charge in [0.1, 0.15) is 12.6 Å². The minimum Gasteiger partial charge on any atom is -0.480 e. The molecule has 1 unspecified atom stereocenters. The maximum absolute atomic E-state index is 11.7. The second-order valence-electron chi connectivity index (χ2n) is 4.65. The minimum absolute atomic E-state index is 0.0940. The standard InChI is InChI=1S/C11H21N3O4/c1-7(2)9(10(16)17)12-11(18)14(5)6-8(15)13(3)4/h7,9H,6H2,1-5H3,(H,12,18)(H,16,17). The van der Waals surface area contributed by atoms with Crippen LogP contribution in [0.25, 0.3) is 0 Å². The van der Waals surface area contributed by atoms with Gasteiger partial charge in [0.15, 0.2) is 0 Å². The number of likely N-dealkylation sites (N-methyl/N-ethyl adjacent to an activating group) is 2. The summed E-state index contributed by atoms with van der Waals surface area (Å²) in [5, 5.41) is 11.3. The van der Waals surface area contributed by atoms with Gasteiger partial charge in [-0.25, -0.2) is 9.59 Å². The van der Waals surface area contributed by atoms with Crippen LogP contribution in [0, 0.1) is 5.92 Å². The summed E-state index contributed by atoms with van der Waals surface area (Å²) in [5.41, 5.74) is 0. The first-order valence-corrected chi connectivity index (χ1v) is 5.61. The van der Waals surface area contributed by atoms with E-state index in [1.54, 1.807) is 27.9 Å². The van der Waals surface area contributed by atoms with Crippen molar-refractivity contribution in [1.29, 1.82) is 0 Å². The Bertz CT molecular complexity index is 328. The van der Waals surface area contributed by atoms with Crippen molar-refractivity contribution in [3.63, 3.8) is 0 Å². The van der Waals surface area contributed by atoms with Crippen LogP contribution in [-0.4, -0.2) is 66.5 Å². The fourth-order valence-corrected chi connectivity index (χ4v) is 1.17. The summed E-state index contributed by atoms with van der Waals surface area (Å²) < 4.78 is 0. The lowest BCUT2D eigenvalue weighted by Crippen LogP contribution is -2.50. The van der Waals surface area contributed by atoms with E-state index in [-0.39, 0.29) is 18.4 Å². The molecule has 0 aliphatic rings. The van der Waals surface area contributed by atoms with Gasteiger partial charge in [0.2, 0.25) is 5.91 Å². The lowest BCUT2D eigenvalue weighted by Gasteiger charge is -2.23. The van der Waals surface area contributed by atoms with Gasteiger partial charge in [-0.15, -0.1) is 0 Å². The highest BCUT2D eigenvalue weighted by molar-refractivity contribution is 5.86. The van der Waals surface area contributed by atoms with E-state index < -0.39 is 18.0 Å². The number of urea groups is 1. The van der Waals surface area contributed by atoms with Crippen molar-refractivity contribution < 1.29 is 19.5 Å². The Labute approximate surface area is 107 Å². The maximum atomic E-state index is 11.7. The zero-order valence-electron chi connectivity index (χ0n) is 11.4. The van der Waals surface area contributed by atoms with E-state index in [0.29, 0.717) is 0 Å². The van der Waals surface area contributed by atoms with Crippen LogP contribution in [0.2, 0.25) is 0 Å². The van der Waals surface area contributed by atoms with Crippen molar-refractivity contribution in [3.8, 4) is 0 Å². The number of nitrogens with zero attached hydrogens (tertiary/aromatic N) is 2. The largest absolute Gasteiger partial charge is 0.480 e. The molecule has 0 fully saturated rings. The fourth-order valence-electron chi connectivity index (χ4n) is 1.17. The Morgan fingerprint density at radius 1 is 1.17 bits per heavy atom. The lowest BCUT2D eigenvalue weighted by molar-refractivity contribution is -0.140. The molecule has 18 heavy (non-hydrogen) atoms. The molecule has 0 aromatic heterocycles. The highest BCUT2D eigenvalue weighted by Crippen LogP contribution is 2.02. The van der Waals surface area contributed by atoms with Gasteiger partial charge in [-0.2, -0.15) is 0 Å². The van der Waals surface area contributed by atoms with Crippen LogP contribution in [0.15, 0.2) is 0 Å². The summed E-state index contributed by atoms with van der Waals surface area (Å²) in [6.45, 7) is 3.30. The van der Waals surface area contributed by atoms with Crippen molar-refractivity contribution in [2.24, 2.45) is 5.92 Å². The molecular formula is C11H21N3O4. The first kappa shape index (κ1) is 16.2. The van der Waals surface area contributed by atoms with Crippen molar-refractivity contribution in [2.45, 2.75) is 19.9 Å². The number of amides is 3. The predicted molar refractivity (Wildman–Crippen MR) is 66.1 cm³/mol. The minimum atomic E-state index is -1.09. The molecule has 0 aliphatic carbocycles. The Kier molecular flexibility index (Phi) is 6.15. The molecule has 0 rings (SSSR count). The third-order valence-electron chi connectivity index (χ3n) is 2.43. The third kappa shape index (κ3) is 5.03. The molecule has 0 aromatic carbocycles. The van der Waals surface area contributed by atoms with Gasteiger partial charge < -0.3 is 20.2 Å². The molecule has 0 heterocycles. The van der Waals surface area contributed by atoms with Crippen LogP contribution in [0.1, 0.15) is 13.8 Å². The normalized spacial score (nSPS) is 11.9. The van der Waals surface area contributed by atoms with Crippen molar-refractivity contribution in [1.82, 2.24) is 15.1 Å². The highest BCUT2D eigenvalue weighted by Gasteiger charge is 2.25. The van der Waals surface area contributed by atoms with Crippen LogP contribution in [0.3, 0.4) is 0 Å². The topological polar surface area (TPSA) is 90.0 Å². The molecule has 0 saturated carbocycles. The molecule has 0 spiro atoms. The summed E-state index contributed by atoms with van der Waals surface area (Å²) in [6, 6.07) is -1.54. The maximum Gasteiger partial charge on any atom is 0.326 e. The van der Waals surface area contributed by atoms with Gasteiger partial charge in [0.05, 0.1) is 0 Å². The summed E-state index contributed by atoms with van der Waals surface area (Å²) in [5.74, 6) is -1.56. The van der Waals surface area contributed by atoms with Gasteiger partial charge in [0, 0.05) is 21.1 Å². The van der Waals surface area contributed by atoms with Crippen molar-refractivity contribution in [2.75, 3.05) is 27.7 Å². The van der Waals surface area contributed by atoms with Crippen LogP contribution >= 0.6 is 0 Å². The third-order valence-corrected chi connectivity index (χ3v) is 2.43. The number of carbonyl (C=O) groups is 3. The van der Waals surface area contributed by atoms with E-state index in [4.69, 9.17) is 5.11 Å². The number of carbonyl (C=O) groups excluding carboxylic acids is 2. The first-order chi connectivity index (χ1) is 8.16. The molecule has 7 nitrogen and oxygen atoms in total. The average molecular weight is 259 g/mol.